The topological polar surface area (TPSA) is 368 Å². The Hall–Kier alpha value is -5.01. The molecule has 0 spiro atoms. The van der Waals surface area contributed by atoms with Gasteiger partial charge in [0, 0.05) is 19.4 Å². The molecular formula is C23H40N10O10. The van der Waals surface area contributed by atoms with Gasteiger partial charge in [0.15, 0.2) is 5.96 Å². The standard InChI is InChI=1S/C23H40N10O10/c1-10(30-19(39)11(24)4-7-17(36)37)18(38)33-14(9-16(26)35)21(41)31-12(5-6-15(25)34)20(40)32-13(22(42)43)3-2-8-29-23(27)28/h10-14H,2-9,24H2,1H3,(H2,25,34)(H2,26,35)(H,30,39)(H,31,41)(H,32,40)(H,33,38)(H,36,37)(H,42,43)(H4,27,28,29). The van der Waals surface area contributed by atoms with E-state index in [1.54, 1.807) is 0 Å². The quantitative estimate of drug-likeness (QED) is 0.0326. The van der Waals surface area contributed by atoms with Crippen LogP contribution in [0.3, 0.4) is 0 Å². The van der Waals surface area contributed by atoms with Crippen molar-refractivity contribution in [3.8, 4) is 0 Å². The van der Waals surface area contributed by atoms with E-state index in [2.05, 4.69) is 26.3 Å². The molecule has 0 saturated carbocycles. The van der Waals surface area contributed by atoms with Crippen LogP contribution in [-0.2, 0) is 38.4 Å². The molecule has 0 bridgehead atoms. The molecule has 0 aromatic rings. The second-order valence-electron chi connectivity index (χ2n) is 9.42. The Labute approximate surface area is 245 Å². The van der Waals surface area contributed by atoms with E-state index in [4.69, 9.17) is 33.8 Å². The van der Waals surface area contributed by atoms with E-state index in [1.165, 1.54) is 6.92 Å². The van der Waals surface area contributed by atoms with Crippen molar-refractivity contribution in [2.45, 2.75) is 82.1 Å². The molecule has 242 valence electrons. The first-order valence-corrected chi connectivity index (χ1v) is 13.0. The molecule has 43 heavy (non-hydrogen) atoms. The van der Waals surface area contributed by atoms with E-state index in [0.29, 0.717) is 0 Å². The van der Waals surface area contributed by atoms with Crippen LogP contribution in [0.1, 0.15) is 51.9 Å². The van der Waals surface area contributed by atoms with Gasteiger partial charge >= 0.3 is 11.9 Å². The van der Waals surface area contributed by atoms with E-state index in [1.807, 2.05) is 0 Å². The Kier molecular flexibility index (Phi) is 16.9. The number of nitrogens with zero attached hydrogens (tertiary/aromatic N) is 1. The van der Waals surface area contributed by atoms with Gasteiger partial charge < -0.3 is 60.1 Å². The fourth-order valence-electron chi connectivity index (χ4n) is 3.36. The molecule has 0 aromatic carbocycles. The molecule has 0 aliphatic carbocycles. The van der Waals surface area contributed by atoms with Crippen LogP contribution in [0, 0.1) is 0 Å². The molecule has 0 aliphatic rings. The number of nitrogens with one attached hydrogen (secondary N) is 4. The lowest BCUT2D eigenvalue weighted by Gasteiger charge is -2.25. The number of carboxylic acids is 2. The number of carbonyl (C=O) groups excluding carboxylic acids is 6. The normalized spacial score (nSPS) is 14.0. The number of nitrogens with two attached hydrogens (primary N) is 5. The second-order valence-corrected chi connectivity index (χ2v) is 9.42. The maximum atomic E-state index is 13.0. The van der Waals surface area contributed by atoms with Crippen molar-refractivity contribution in [3.05, 3.63) is 0 Å². The zero-order valence-electron chi connectivity index (χ0n) is 23.5. The number of primary amides is 2. The number of guanidine groups is 1. The number of hydrogen-bond acceptors (Lipinski definition) is 10. The van der Waals surface area contributed by atoms with E-state index in [9.17, 15) is 43.5 Å². The average molecular weight is 617 g/mol. The predicted octanol–water partition coefficient (Wildman–Crippen LogP) is -5.58. The molecule has 0 aromatic heterocycles. The van der Waals surface area contributed by atoms with Crippen LogP contribution >= 0.6 is 0 Å². The van der Waals surface area contributed by atoms with Crippen LogP contribution in [0.4, 0.5) is 0 Å². The lowest BCUT2D eigenvalue weighted by atomic mass is 10.1. The number of amides is 6. The highest BCUT2D eigenvalue weighted by atomic mass is 16.4. The van der Waals surface area contributed by atoms with E-state index >= 15 is 0 Å². The van der Waals surface area contributed by atoms with Crippen molar-refractivity contribution in [3.63, 3.8) is 0 Å². The minimum Gasteiger partial charge on any atom is -0.481 e. The summed E-state index contributed by atoms with van der Waals surface area (Å²) in [6.07, 6.45) is -2.06. The van der Waals surface area contributed by atoms with Gasteiger partial charge in [0.1, 0.15) is 24.2 Å². The minimum atomic E-state index is -1.66. The van der Waals surface area contributed by atoms with Gasteiger partial charge in [-0.05, 0) is 32.6 Å². The fraction of sp³-hybridized carbons (Fsp3) is 0.609. The largest absolute Gasteiger partial charge is 0.481 e. The van der Waals surface area contributed by atoms with Crippen LogP contribution in [0.25, 0.3) is 0 Å². The summed E-state index contributed by atoms with van der Waals surface area (Å²) in [5.74, 6) is -8.60. The first-order valence-electron chi connectivity index (χ1n) is 13.0. The van der Waals surface area contributed by atoms with Crippen molar-refractivity contribution < 1.29 is 48.6 Å². The lowest BCUT2D eigenvalue weighted by Crippen LogP contribution is -2.58. The summed E-state index contributed by atoms with van der Waals surface area (Å²) >= 11 is 0. The Bertz CT molecular complexity index is 1080. The smallest absolute Gasteiger partial charge is 0.326 e. The minimum absolute atomic E-state index is 0.0749. The number of hydrogen-bond donors (Lipinski definition) is 11. The number of carbonyl (C=O) groups is 8. The van der Waals surface area contributed by atoms with Gasteiger partial charge in [-0.1, -0.05) is 0 Å². The highest BCUT2D eigenvalue weighted by Gasteiger charge is 2.31. The Morgan fingerprint density at radius 3 is 1.74 bits per heavy atom. The fourth-order valence-corrected chi connectivity index (χ4v) is 3.36. The van der Waals surface area contributed by atoms with Crippen molar-refractivity contribution in [1.82, 2.24) is 21.3 Å². The molecule has 20 heteroatoms. The maximum absolute atomic E-state index is 13.0. The zero-order chi connectivity index (χ0) is 33.3. The summed E-state index contributed by atoms with van der Waals surface area (Å²) in [6, 6.07) is -7.18. The molecule has 0 radical (unpaired) electrons. The molecule has 0 aliphatic heterocycles. The molecular weight excluding hydrogens is 576 g/mol. The van der Waals surface area contributed by atoms with Gasteiger partial charge in [-0.2, -0.15) is 0 Å². The number of rotatable bonds is 21. The van der Waals surface area contributed by atoms with Gasteiger partial charge in [-0.3, -0.25) is 38.6 Å². The van der Waals surface area contributed by atoms with Crippen LogP contribution < -0.4 is 49.9 Å². The van der Waals surface area contributed by atoms with Gasteiger partial charge in [0.2, 0.25) is 35.4 Å². The zero-order valence-corrected chi connectivity index (χ0v) is 23.5. The van der Waals surface area contributed by atoms with Crippen LogP contribution in [0.5, 0.6) is 0 Å². The Morgan fingerprint density at radius 2 is 1.23 bits per heavy atom. The van der Waals surface area contributed by atoms with Crippen LogP contribution in [-0.4, -0.2) is 100 Å². The van der Waals surface area contributed by atoms with Crippen LogP contribution in [0.2, 0.25) is 0 Å². The third-order valence-corrected chi connectivity index (χ3v) is 5.67. The van der Waals surface area contributed by atoms with Gasteiger partial charge in [0.05, 0.1) is 12.5 Å². The molecule has 16 N–H and O–H groups in total. The van der Waals surface area contributed by atoms with E-state index in [-0.39, 0.29) is 38.2 Å². The highest BCUT2D eigenvalue weighted by molar-refractivity contribution is 5.97. The predicted molar refractivity (Wildman–Crippen MR) is 148 cm³/mol. The Balaban J connectivity index is 5.61. The van der Waals surface area contributed by atoms with Gasteiger partial charge in [-0.25, -0.2) is 4.79 Å². The third kappa shape index (κ3) is 16.8. The highest BCUT2D eigenvalue weighted by Crippen LogP contribution is 2.05. The summed E-state index contributed by atoms with van der Waals surface area (Å²) in [4.78, 5) is 99.7. The monoisotopic (exact) mass is 616 g/mol. The maximum Gasteiger partial charge on any atom is 0.326 e. The molecule has 0 saturated heterocycles. The summed E-state index contributed by atoms with van der Waals surface area (Å²) in [6.45, 7) is 1.30. The molecule has 0 rings (SSSR count). The van der Waals surface area contributed by atoms with Gasteiger partial charge in [-0.15, -0.1) is 0 Å². The average Bonchev–Trinajstić information content (AvgIpc) is 2.89. The summed E-state index contributed by atoms with van der Waals surface area (Å²) < 4.78 is 0. The molecule has 5 unspecified atom stereocenters. The number of aliphatic imine (C=N–C) groups is 1. The molecule has 20 nitrogen and oxygen atoms in total. The number of aliphatic carboxylic acids is 2. The van der Waals surface area contributed by atoms with Crippen molar-refractivity contribution in [2.24, 2.45) is 33.7 Å². The van der Waals surface area contributed by atoms with Crippen molar-refractivity contribution in [2.75, 3.05) is 6.54 Å². The molecule has 0 fully saturated rings. The van der Waals surface area contributed by atoms with Crippen molar-refractivity contribution >= 4 is 53.3 Å². The number of carboxylic acid groups (broad SMARTS) is 2. The van der Waals surface area contributed by atoms with Crippen LogP contribution in [0.15, 0.2) is 4.99 Å². The summed E-state index contributed by atoms with van der Waals surface area (Å²) in [7, 11) is 0. The van der Waals surface area contributed by atoms with Crippen molar-refractivity contribution in [1.29, 1.82) is 0 Å². The molecule has 0 heterocycles. The lowest BCUT2D eigenvalue weighted by molar-refractivity contribution is -0.142. The second kappa shape index (κ2) is 19.2. The Morgan fingerprint density at radius 1 is 0.674 bits per heavy atom. The third-order valence-electron chi connectivity index (χ3n) is 5.67. The summed E-state index contributed by atoms with van der Waals surface area (Å²) in [5, 5.41) is 27.1. The molecule has 5 atom stereocenters. The van der Waals surface area contributed by atoms with E-state index in [0.717, 1.165) is 0 Å². The molecule has 6 amide bonds. The summed E-state index contributed by atoms with van der Waals surface area (Å²) in [5.41, 5.74) is 26.4. The first-order chi connectivity index (χ1) is 19.9. The SMILES string of the molecule is CC(NC(=O)C(N)CCC(=O)O)C(=O)NC(CC(N)=O)C(=O)NC(CCC(N)=O)C(=O)NC(CCCN=C(N)N)C(=O)O. The first kappa shape index (κ1) is 38.0. The van der Waals surface area contributed by atoms with E-state index < -0.39 is 96.9 Å². The van der Waals surface area contributed by atoms with Gasteiger partial charge in [0.25, 0.3) is 0 Å².